The van der Waals surface area contributed by atoms with Gasteiger partial charge >= 0.3 is 0 Å². The number of nitrogens with two attached hydrogens (primary N) is 1. The van der Waals surface area contributed by atoms with Crippen molar-refractivity contribution in [2.45, 2.75) is 6.42 Å². The molecular formula is C13H11FN6. The molecule has 0 amide bonds. The van der Waals surface area contributed by atoms with Crippen molar-refractivity contribution in [3.05, 3.63) is 35.9 Å². The second-order valence-electron chi connectivity index (χ2n) is 4.68. The van der Waals surface area contributed by atoms with Crippen molar-refractivity contribution >= 4 is 28.6 Å². The summed E-state index contributed by atoms with van der Waals surface area (Å²) in [5.74, 6) is 0.525. The lowest BCUT2D eigenvalue weighted by molar-refractivity contribution is 0.628. The lowest BCUT2D eigenvalue weighted by atomic mass is 10.2. The fourth-order valence-electron chi connectivity index (χ4n) is 2.60. The van der Waals surface area contributed by atoms with E-state index in [4.69, 9.17) is 5.73 Å². The summed E-state index contributed by atoms with van der Waals surface area (Å²) in [6.07, 6.45) is 2.39. The Morgan fingerprint density at radius 1 is 1.30 bits per heavy atom. The maximum atomic E-state index is 13.5. The molecule has 3 N–H and O–H groups in total. The van der Waals surface area contributed by atoms with Gasteiger partial charge in [0, 0.05) is 12.2 Å². The van der Waals surface area contributed by atoms with Crippen LogP contribution in [-0.4, -0.2) is 26.5 Å². The van der Waals surface area contributed by atoms with Gasteiger partial charge in [-0.25, -0.2) is 9.37 Å². The summed E-state index contributed by atoms with van der Waals surface area (Å²) >= 11 is 0. The maximum Gasteiger partial charge on any atom is 0.224 e. The molecule has 20 heavy (non-hydrogen) atoms. The van der Waals surface area contributed by atoms with Crippen LogP contribution in [0.5, 0.6) is 0 Å². The van der Waals surface area contributed by atoms with Crippen LogP contribution in [0, 0.1) is 5.82 Å². The van der Waals surface area contributed by atoms with Crippen LogP contribution >= 0.6 is 0 Å². The number of hydrogen-bond donors (Lipinski definition) is 2. The molecule has 0 unspecified atom stereocenters. The van der Waals surface area contributed by atoms with Crippen molar-refractivity contribution in [3.8, 4) is 0 Å². The summed E-state index contributed by atoms with van der Waals surface area (Å²) < 4.78 is 13.5. The molecule has 4 rings (SSSR count). The predicted molar refractivity (Wildman–Crippen MR) is 73.2 cm³/mol. The average molecular weight is 270 g/mol. The first-order valence-corrected chi connectivity index (χ1v) is 6.25. The second kappa shape index (κ2) is 3.89. The molecule has 0 saturated carbocycles. The topological polar surface area (TPSA) is 83.7 Å². The summed E-state index contributed by atoms with van der Waals surface area (Å²) in [7, 11) is 0. The molecular weight excluding hydrogens is 259 g/mol. The number of nitrogens with one attached hydrogen (secondary N) is 1. The van der Waals surface area contributed by atoms with Gasteiger partial charge in [0.25, 0.3) is 0 Å². The number of rotatable bonds is 1. The van der Waals surface area contributed by atoms with Gasteiger partial charge in [-0.2, -0.15) is 9.97 Å². The van der Waals surface area contributed by atoms with Crippen LogP contribution in [0.2, 0.25) is 0 Å². The largest absolute Gasteiger partial charge is 0.368 e. The van der Waals surface area contributed by atoms with Gasteiger partial charge in [0.05, 0.1) is 6.33 Å². The van der Waals surface area contributed by atoms with Crippen LogP contribution < -0.4 is 10.6 Å². The molecule has 0 aliphatic carbocycles. The van der Waals surface area contributed by atoms with Crippen molar-refractivity contribution in [2.24, 2.45) is 0 Å². The smallest absolute Gasteiger partial charge is 0.224 e. The Bertz CT molecular complexity index is 812. The van der Waals surface area contributed by atoms with Crippen molar-refractivity contribution in [3.63, 3.8) is 0 Å². The summed E-state index contributed by atoms with van der Waals surface area (Å²) in [5.41, 5.74) is 8.85. The van der Waals surface area contributed by atoms with Crippen molar-refractivity contribution in [1.29, 1.82) is 0 Å². The molecule has 2 aromatic heterocycles. The number of imidazole rings is 1. The molecule has 0 atom stereocenters. The van der Waals surface area contributed by atoms with Gasteiger partial charge in [-0.3, -0.25) is 0 Å². The Kier molecular flexibility index (Phi) is 2.17. The molecule has 7 heteroatoms. The van der Waals surface area contributed by atoms with Gasteiger partial charge in [-0.1, -0.05) is 6.07 Å². The van der Waals surface area contributed by atoms with E-state index in [9.17, 15) is 4.39 Å². The normalized spacial score (nSPS) is 13.9. The SMILES string of the molecule is Nc1nc(N2CCc3ccc(F)cc32)c2[nH]cnc2n1. The van der Waals surface area contributed by atoms with Crippen LogP contribution in [0.25, 0.3) is 11.2 Å². The number of hydrogen-bond acceptors (Lipinski definition) is 5. The quantitative estimate of drug-likeness (QED) is 0.704. The van der Waals surface area contributed by atoms with E-state index >= 15 is 0 Å². The molecule has 0 spiro atoms. The number of halogens is 1. The number of benzene rings is 1. The fourth-order valence-corrected chi connectivity index (χ4v) is 2.60. The average Bonchev–Trinajstić information content (AvgIpc) is 3.03. The van der Waals surface area contributed by atoms with Crippen LogP contribution in [0.15, 0.2) is 24.5 Å². The lowest BCUT2D eigenvalue weighted by Gasteiger charge is -2.18. The molecule has 0 bridgehead atoms. The number of H-pyrrole nitrogens is 1. The molecule has 3 aromatic rings. The maximum absolute atomic E-state index is 13.5. The van der Waals surface area contributed by atoms with Gasteiger partial charge in [-0.05, 0) is 24.1 Å². The molecule has 1 aliphatic heterocycles. The van der Waals surface area contributed by atoms with E-state index < -0.39 is 0 Å². The highest BCUT2D eigenvalue weighted by Gasteiger charge is 2.25. The van der Waals surface area contributed by atoms with E-state index in [0.29, 0.717) is 17.0 Å². The summed E-state index contributed by atoms with van der Waals surface area (Å²) in [5, 5.41) is 0. The molecule has 3 heterocycles. The van der Waals surface area contributed by atoms with Gasteiger partial charge in [-0.15, -0.1) is 0 Å². The molecule has 100 valence electrons. The molecule has 6 nitrogen and oxygen atoms in total. The van der Waals surface area contributed by atoms with Gasteiger partial charge < -0.3 is 15.6 Å². The number of anilines is 3. The predicted octanol–water partition coefficient (Wildman–Crippen LogP) is 1.77. The van der Waals surface area contributed by atoms with Crippen molar-refractivity contribution < 1.29 is 4.39 Å². The molecule has 1 aromatic carbocycles. The summed E-state index contributed by atoms with van der Waals surface area (Å²) in [6.45, 7) is 0.726. The Balaban J connectivity index is 1.94. The minimum atomic E-state index is -0.265. The number of nitrogen functional groups attached to an aromatic ring is 1. The second-order valence-corrected chi connectivity index (χ2v) is 4.68. The third-order valence-corrected chi connectivity index (χ3v) is 3.48. The third kappa shape index (κ3) is 1.52. The number of aromatic amines is 1. The van der Waals surface area contributed by atoms with Gasteiger partial charge in [0.2, 0.25) is 5.95 Å². The minimum Gasteiger partial charge on any atom is -0.368 e. The Hall–Kier alpha value is -2.70. The minimum absolute atomic E-state index is 0.157. The monoisotopic (exact) mass is 270 g/mol. The zero-order valence-electron chi connectivity index (χ0n) is 10.5. The van der Waals surface area contributed by atoms with Gasteiger partial charge in [0.15, 0.2) is 11.5 Å². The zero-order valence-corrected chi connectivity index (χ0v) is 10.5. The first-order valence-electron chi connectivity index (χ1n) is 6.25. The number of fused-ring (bicyclic) bond motifs is 2. The Morgan fingerprint density at radius 3 is 3.10 bits per heavy atom. The zero-order chi connectivity index (χ0) is 13.7. The molecule has 0 fully saturated rings. The first kappa shape index (κ1) is 11.2. The summed E-state index contributed by atoms with van der Waals surface area (Å²) in [6, 6.07) is 4.80. The molecule has 1 aliphatic rings. The van der Waals surface area contributed by atoms with E-state index in [1.807, 2.05) is 4.90 Å². The number of aromatic nitrogens is 4. The van der Waals surface area contributed by atoms with E-state index in [2.05, 4.69) is 19.9 Å². The van der Waals surface area contributed by atoms with E-state index in [1.165, 1.54) is 12.1 Å². The van der Waals surface area contributed by atoms with E-state index in [1.54, 1.807) is 12.4 Å². The van der Waals surface area contributed by atoms with E-state index in [-0.39, 0.29) is 11.8 Å². The highest BCUT2D eigenvalue weighted by Crippen LogP contribution is 2.36. The van der Waals surface area contributed by atoms with Crippen LogP contribution in [0.3, 0.4) is 0 Å². The fraction of sp³-hybridized carbons (Fsp3) is 0.154. The lowest BCUT2D eigenvalue weighted by Crippen LogP contribution is -2.16. The van der Waals surface area contributed by atoms with Crippen LogP contribution in [0.1, 0.15) is 5.56 Å². The van der Waals surface area contributed by atoms with Crippen LogP contribution in [-0.2, 0) is 6.42 Å². The highest BCUT2D eigenvalue weighted by molar-refractivity contribution is 5.88. The van der Waals surface area contributed by atoms with Crippen molar-refractivity contribution in [1.82, 2.24) is 19.9 Å². The Morgan fingerprint density at radius 2 is 2.20 bits per heavy atom. The third-order valence-electron chi connectivity index (χ3n) is 3.48. The van der Waals surface area contributed by atoms with E-state index in [0.717, 1.165) is 24.2 Å². The first-order chi connectivity index (χ1) is 9.72. The molecule has 0 radical (unpaired) electrons. The highest BCUT2D eigenvalue weighted by atomic mass is 19.1. The van der Waals surface area contributed by atoms with Crippen molar-refractivity contribution in [2.75, 3.05) is 17.2 Å². The molecule has 0 saturated heterocycles. The standard InChI is InChI=1S/C13H11FN6/c14-8-2-1-7-3-4-20(9(7)5-8)12-10-11(17-6-16-10)18-13(15)19-12/h1-2,5-6H,3-4H2,(H3,15,16,17,18,19). The summed E-state index contributed by atoms with van der Waals surface area (Å²) in [4.78, 5) is 17.4. The van der Waals surface area contributed by atoms with Crippen LogP contribution in [0.4, 0.5) is 21.8 Å². The van der Waals surface area contributed by atoms with Gasteiger partial charge in [0.1, 0.15) is 11.3 Å². The Labute approximate surface area is 113 Å². The number of nitrogens with zero attached hydrogens (tertiary/aromatic N) is 4.